The molecule has 0 radical (unpaired) electrons. The van der Waals surface area contributed by atoms with Gasteiger partial charge in [0.25, 0.3) is 5.91 Å². The Balaban J connectivity index is 1.57. The maximum Gasteiger partial charge on any atom is 0.330 e. The first kappa shape index (κ1) is 17.5. The standard InChI is InChI=1S/C16H18N6O4/c1-10-3-5-12(6-4-10)14-18-20-22(19-14)9-13(23)26-11(2)15(24)21-8-7-17-16(21)25/h3-6,11H,7-9H2,1-2H3,(H,17,25)/t11-/m0/s1. The third kappa shape index (κ3) is 3.85. The Hall–Kier alpha value is -3.30. The van der Waals surface area contributed by atoms with Crippen molar-refractivity contribution in [3.8, 4) is 11.4 Å². The quantitative estimate of drug-likeness (QED) is 0.755. The molecule has 26 heavy (non-hydrogen) atoms. The Bertz CT molecular complexity index is 832. The van der Waals surface area contributed by atoms with E-state index < -0.39 is 24.0 Å². The van der Waals surface area contributed by atoms with Gasteiger partial charge in [0.15, 0.2) is 12.6 Å². The number of hydrogen-bond donors (Lipinski definition) is 1. The number of rotatable bonds is 5. The number of tetrazole rings is 1. The number of ether oxygens (including phenoxy) is 1. The number of aryl methyl sites for hydroxylation is 1. The number of aromatic nitrogens is 4. The first-order valence-electron chi connectivity index (χ1n) is 8.07. The fraction of sp³-hybridized carbons (Fsp3) is 0.375. The van der Waals surface area contributed by atoms with Crippen LogP contribution >= 0.6 is 0 Å². The normalized spacial score (nSPS) is 14.8. The minimum absolute atomic E-state index is 0.254. The molecule has 1 aliphatic heterocycles. The van der Waals surface area contributed by atoms with Crippen molar-refractivity contribution in [1.82, 2.24) is 30.4 Å². The van der Waals surface area contributed by atoms with Crippen molar-refractivity contribution < 1.29 is 19.1 Å². The third-order valence-electron chi connectivity index (χ3n) is 3.81. The van der Waals surface area contributed by atoms with Crippen molar-refractivity contribution in [3.63, 3.8) is 0 Å². The molecule has 1 N–H and O–H groups in total. The van der Waals surface area contributed by atoms with Crippen molar-refractivity contribution in [3.05, 3.63) is 29.8 Å². The molecule has 2 aromatic rings. The summed E-state index contributed by atoms with van der Waals surface area (Å²) in [6.45, 7) is 3.74. The molecule has 0 aliphatic carbocycles. The zero-order valence-electron chi connectivity index (χ0n) is 14.4. The minimum atomic E-state index is -1.08. The summed E-state index contributed by atoms with van der Waals surface area (Å²) < 4.78 is 5.07. The maximum absolute atomic E-state index is 12.1. The lowest BCUT2D eigenvalue weighted by atomic mass is 10.1. The number of imide groups is 1. The number of hydrogen-bond acceptors (Lipinski definition) is 7. The Morgan fingerprint density at radius 3 is 2.69 bits per heavy atom. The average Bonchev–Trinajstić information content (AvgIpc) is 3.23. The monoisotopic (exact) mass is 358 g/mol. The molecule has 1 fully saturated rings. The highest BCUT2D eigenvalue weighted by molar-refractivity contribution is 5.98. The van der Waals surface area contributed by atoms with Gasteiger partial charge in [0, 0.05) is 18.7 Å². The third-order valence-corrected chi connectivity index (χ3v) is 3.81. The van der Waals surface area contributed by atoms with E-state index in [1.54, 1.807) is 0 Å². The van der Waals surface area contributed by atoms with Crippen LogP contribution in [-0.4, -0.2) is 62.2 Å². The smallest absolute Gasteiger partial charge is 0.330 e. The lowest BCUT2D eigenvalue weighted by Gasteiger charge is -2.17. The molecule has 0 bridgehead atoms. The molecule has 0 saturated carbocycles. The van der Waals surface area contributed by atoms with Crippen LogP contribution in [0.5, 0.6) is 0 Å². The zero-order chi connectivity index (χ0) is 18.7. The summed E-state index contributed by atoms with van der Waals surface area (Å²) in [5.74, 6) is -0.880. The van der Waals surface area contributed by atoms with E-state index in [0.29, 0.717) is 12.4 Å². The molecule has 0 spiro atoms. The summed E-state index contributed by atoms with van der Waals surface area (Å²) >= 11 is 0. The second-order valence-corrected chi connectivity index (χ2v) is 5.86. The van der Waals surface area contributed by atoms with Crippen LogP contribution in [0.3, 0.4) is 0 Å². The van der Waals surface area contributed by atoms with E-state index >= 15 is 0 Å². The van der Waals surface area contributed by atoms with E-state index in [1.165, 1.54) is 6.92 Å². The van der Waals surface area contributed by atoms with Crippen LogP contribution in [0.25, 0.3) is 11.4 Å². The predicted octanol–water partition coefficient (Wildman–Crippen LogP) is 0.132. The topological polar surface area (TPSA) is 119 Å². The summed E-state index contributed by atoms with van der Waals surface area (Å²) in [5.41, 5.74) is 1.88. The van der Waals surface area contributed by atoms with Gasteiger partial charge in [0.05, 0.1) is 0 Å². The van der Waals surface area contributed by atoms with E-state index in [0.717, 1.165) is 20.8 Å². The van der Waals surface area contributed by atoms with Gasteiger partial charge in [-0.05, 0) is 19.1 Å². The average molecular weight is 358 g/mol. The van der Waals surface area contributed by atoms with E-state index in [2.05, 4.69) is 20.7 Å². The van der Waals surface area contributed by atoms with Crippen LogP contribution in [0.2, 0.25) is 0 Å². The fourth-order valence-electron chi connectivity index (χ4n) is 2.43. The van der Waals surface area contributed by atoms with Gasteiger partial charge >= 0.3 is 12.0 Å². The largest absolute Gasteiger partial charge is 0.451 e. The SMILES string of the molecule is Cc1ccc(-c2nnn(CC(=O)O[C@@H](C)C(=O)N3CCNC3=O)n2)cc1. The summed E-state index contributed by atoms with van der Waals surface area (Å²) in [6, 6.07) is 7.07. The highest BCUT2D eigenvalue weighted by atomic mass is 16.5. The first-order chi connectivity index (χ1) is 12.4. The molecule has 136 valence electrons. The highest BCUT2D eigenvalue weighted by Crippen LogP contribution is 2.14. The molecule has 2 heterocycles. The van der Waals surface area contributed by atoms with Gasteiger partial charge in [-0.25, -0.2) is 9.59 Å². The molecular weight excluding hydrogens is 340 g/mol. The number of benzene rings is 1. The molecule has 1 atom stereocenters. The molecule has 1 aliphatic rings. The molecule has 3 rings (SSSR count). The summed E-state index contributed by atoms with van der Waals surface area (Å²) in [5, 5.41) is 14.4. The predicted molar refractivity (Wildman–Crippen MR) is 88.7 cm³/mol. The number of nitrogens with zero attached hydrogens (tertiary/aromatic N) is 5. The van der Waals surface area contributed by atoms with Crippen LogP contribution in [0.1, 0.15) is 12.5 Å². The van der Waals surface area contributed by atoms with Crippen molar-refractivity contribution in [1.29, 1.82) is 0 Å². The Kier molecular flexibility index (Phi) is 4.92. The number of carbonyl (C=O) groups is 3. The number of nitrogens with one attached hydrogen (secondary N) is 1. The number of carbonyl (C=O) groups excluding carboxylic acids is 3. The lowest BCUT2D eigenvalue weighted by Crippen LogP contribution is -2.42. The first-order valence-corrected chi connectivity index (χ1v) is 8.07. The van der Waals surface area contributed by atoms with E-state index in [-0.39, 0.29) is 13.1 Å². The van der Waals surface area contributed by atoms with Crippen LogP contribution in [0.4, 0.5) is 4.79 Å². The summed E-state index contributed by atoms with van der Waals surface area (Å²) in [4.78, 5) is 37.7. The molecule has 1 aromatic carbocycles. The Morgan fingerprint density at radius 2 is 2.04 bits per heavy atom. The summed E-state index contributed by atoms with van der Waals surface area (Å²) in [6.07, 6.45) is -1.08. The summed E-state index contributed by atoms with van der Waals surface area (Å²) in [7, 11) is 0. The molecule has 3 amide bonds. The molecule has 10 heteroatoms. The van der Waals surface area contributed by atoms with E-state index in [1.807, 2.05) is 31.2 Å². The van der Waals surface area contributed by atoms with Gasteiger partial charge in [-0.1, -0.05) is 29.8 Å². The highest BCUT2D eigenvalue weighted by Gasteiger charge is 2.31. The van der Waals surface area contributed by atoms with Crippen LogP contribution in [0, 0.1) is 6.92 Å². The fourth-order valence-corrected chi connectivity index (χ4v) is 2.43. The van der Waals surface area contributed by atoms with Gasteiger partial charge in [0.1, 0.15) is 0 Å². The molecule has 0 unspecified atom stereocenters. The molecule has 1 saturated heterocycles. The van der Waals surface area contributed by atoms with Crippen LogP contribution < -0.4 is 5.32 Å². The zero-order valence-corrected chi connectivity index (χ0v) is 14.4. The van der Waals surface area contributed by atoms with Gasteiger partial charge in [-0.2, -0.15) is 4.80 Å². The second kappa shape index (κ2) is 7.30. The van der Waals surface area contributed by atoms with Crippen molar-refractivity contribution in [2.24, 2.45) is 0 Å². The van der Waals surface area contributed by atoms with Gasteiger partial charge < -0.3 is 10.1 Å². The van der Waals surface area contributed by atoms with Crippen molar-refractivity contribution >= 4 is 17.9 Å². The molecule has 1 aromatic heterocycles. The minimum Gasteiger partial charge on any atom is -0.451 e. The number of urea groups is 1. The Labute approximate surface area is 149 Å². The van der Waals surface area contributed by atoms with E-state index in [4.69, 9.17) is 4.74 Å². The van der Waals surface area contributed by atoms with Gasteiger partial charge in [0.2, 0.25) is 5.82 Å². The second-order valence-electron chi connectivity index (χ2n) is 5.86. The number of esters is 1. The van der Waals surface area contributed by atoms with Crippen molar-refractivity contribution in [2.75, 3.05) is 13.1 Å². The lowest BCUT2D eigenvalue weighted by molar-refractivity contribution is -0.158. The van der Waals surface area contributed by atoms with Gasteiger partial charge in [-0.15, -0.1) is 10.2 Å². The maximum atomic E-state index is 12.1. The number of amides is 3. The molecular formula is C16H18N6O4. The van der Waals surface area contributed by atoms with Crippen LogP contribution in [-0.2, 0) is 20.9 Å². The Morgan fingerprint density at radius 1 is 1.31 bits per heavy atom. The van der Waals surface area contributed by atoms with E-state index in [9.17, 15) is 14.4 Å². The van der Waals surface area contributed by atoms with Crippen molar-refractivity contribution in [2.45, 2.75) is 26.5 Å². The molecule has 10 nitrogen and oxygen atoms in total. The van der Waals surface area contributed by atoms with Gasteiger partial charge in [-0.3, -0.25) is 9.69 Å². The van der Waals surface area contributed by atoms with Crippen LogP contribution in [0.15, 0.2) is 24.3 Å².